The molecular weight excluding hydrogens is 162 g/mol. The molecule has 2 heteroatoms. The molecule has 0 spiro atoms. The third-order valence-corrected chi connectivity index (χ3v) is 3.64. The number of aliphatic hydroxyl groups is 1. The summed E-state index contributed by atoms with van der Waals surface area (Å²) in [5.74, 6) is 1.91. The number of rotatable bonds is 3. The van der Waals surface area contributed by atoms with Crippen molar-refractivity contribution in [1.29, 1.82) is 0 Å². The van der Waals surface area contributed by atoms with Crippen molar-refractivity contribution in [3.8, 4) is 0 Å². The highest BCUT2D eigenvalue weighted by Crippen LogP contribution is 2.37. The molecule has 2 aliphatic carbocycles. The lowest BCUT2D eigenvalue weighted by molar-refractivity contribution is 0.116. The normalized spacial score (nSPS) is 44.8. The third kappa shape index (κ3) is 2.68. The quantitative estimate of drug-likeness (QED) is 0.695. The van der Waals surface area contributed by atoms with E-state index in [9.17, 15) is 5.11 Å². The molecule has 2 rings (SSSR count). The first kappa shape index (κ1) is 9.47. The van der Waals surface area contributed by atoms with E-state index in [1.807, 2.05) is 0 Å². The maximum absolute atomic E-state index is 9.33. The second-order valence-electron chi connectivity index (χ2n) is 4.89. The van der Waals surface area contributed by atoms with Crippen LogP contribution < -0.4 is 5.32 Å². The number of hydrogen-bond donors (Lipinski definition) is 2. The fourth-order valence-corrected chi connectivity index (χ4v) is 2.28. The van der Waals surface area contributed by atoms with Crippen LogP contribution in [-0.4, -0.2) is 23.8 Å². The Hall–Kier alpha value is -0.0800. The first-order valence-corrected chi connectivity index (χ1v) is 5.67. The third-order valence-electron chi connectivity index (χ3n) is 3.64. The van der Waals surface area contributed by atoms with Gasteiger partial charge in [0.05, 0.1) is 6.10 Å². The standard InChI is InChI=1S/C11H21NO/c1-8-6-9(8)7-12-10-2-4-11(13)5-3-10/h8-13H,2-7H2,1H3. The minimum Gasteiger partial charge on any atom is -0.393 e. The monoisotopic (exact) mass is 183 g/mol. The lowest BCUT2D eigenvalue weighted by Crippen LogP contribution is -2.35. The highest BCUT2D eigenvalue weighted by molar-refractivity contribution is 4.86. The van der Waals surface area contributed by atoms with Crippen LogP contribution in [0.2, 0.25) is 0 Å². The van der Waals surface area contributed by atoms with Crippen molar-refractivity contribution in [3.63, 3.8) is 0 Å². The Balaban J connectivity index is 1.60. The van der Waals surface area contributed by atoms with Gasteiger partial charge in [0.25, 0.3) is 0 Å². The Bertz CT molecular complexity index is 163. The highest BCUT2D eigenvalue weighted by Gasteiger charge is 2.32. The lowest BCUT2D eigenvalue weighted by Gasteiger charge is -2.26. The van der Waals surface area contributed by atoms with Gasteiger partial charge in [-0.2, -0.15) is 0 Å². The van der Waals surface area contributed by atoms with E-state index >= 15 is 0 Å². The second-order valence-corrected chi connectivity index (χ2v) is 4.89. The first-order valence-electron chi connectivity index (χ1n) is 5.67. The predicted octanol–water partition coefficient (Wildman–Crippen LogP) is 1.54. The van der Waals surface area contributed by atoms with Gasteiger partial charge in [0.1, 0.15) is 0 Å². The fraction of sp³-hybridized carbons (Fsp3) is 1.00. The molecule has 76 valence electrons. The van der Waals surface area contributed by atoms with E-state index < -0.39 is 0 Å². The van der Waals surface area contributed by atoms with Crippen molar-refractivity contribution in [2.24, 2.45) is 11.8 Å². The summed E-state index contributed by atoms with van der Waals surface area (Å²) in [6.07, 6.45) is 5.74. The van der Waals surface area contributed by atoms with Crippen LogP contribution >= 0.6 is 0 Å². The van der Waals surface area contributed by atoms with Crippen LogP contribution in [0.3, 0.4) is 0 Å². The molecule has 2 aliphatic rings. The molecule has 2 fully saturated rings. The van der Waals surface area contributed by atoms with Crippen molar-refractivity contribution < 1.29 is 5.11 Å². The topological polar surface area (TPSA) is 32.3 Å². The smallest absolute Gasteiger partial charge is 0.0541 e. The Kier molecular flexibility index (Phi) is 2.89. The first-order chi connectivity index (χ1) is 6.25. The molecule has 0 amide bonds. The Morgan fingerprint density at radius 1 is 1.23 bits per heavy atom. The Morgan fingerprint density at radius 2 is 1.85 bits per heavy atom. The molecule has 2 N–H and O–H groups in total. The van der Waals surface area contributed by atoms with Gasteiger partial charge < -0.3 is 10.4 Å². The van der Waals surface area contributed by atoms with Crippen molar-refractivity contribution in [2.75, 3.05) is 6.54 Å². The van der Waals surface area contributed by atoms with Gasteiger partial charge in [-0.25, -0.2) is 0 Å². The average molecular weight is 183 g/mol. The molecular formula is C11H21NO. The maximum atomic E-state index is 9.33. The summed E-state index contributed by atoms with van der Waals surface area (Å²) in [5.41, 5.74) is 0. The molecule has 0 aromatic rings. The van der Waals surface area contributed by atoms with Crippen molar-refractivity contribution >= 4 is 0 Å². The van der Waals surface area contributed by atoms with E-state index in [1.165, 1.54) is 25.8 Å². The van der Waals surface area contributed by atoms with Crippen LogP contribution in [-0.2, 0) is 0 Å². The summed E-state index contributed by atoms with van der Waals surface area (Å²) in [4.78, 5) is 0. The van der Waals surface area contributed by atoms with Gasteiger partial charge in [-0.1, -0.05) is 6.92 Å². The van der Waals surface area contributed by atoms with E-state index in [0.717, 1.165) is 24.7 Å². The summed E-state index contributed by atoms with van der Waals surface area (Å²) in [5, 5.41) is 13.0. The Labute approximate surface area is 80.7 Å². The molecule has 0 aliphatic heterocycles. The van der Waals surface area contributed by atoms with Crippen LogP contribution in [0.15, 0.2) is 0 Å². The Morgan fingerprint density at radius 3 is 2.38 bits per heavy atom. The van der Waals surface area contributed by atoms with Gasteiger partial charge >= 0.3 is 0 Å². The van der Waals surface area contributed by atoms with Crippen molar-refractivity contribution in [3.05, 3.63) is 0 Å². The number of aliphatic hydroxyl groups excluding tert-OH is 1. The largest absolute Gasteiger partial charge is 0.393 e. The zero-order chi connectivity index (χ0) is 9.26. The molecule has 2 nitrogen and oxygen atoms in total. The van der Waals surface area contributed by atoms with E-state index in [0.29, 0.717) is 6.04 Å². The van der Waals surface area contributed by atoms with Crippen LogP contribution in [0.5, 0.6) is 0 Å². The second kappa shape index (κ2) is 3.97. The van der Waals surface area contributed by atoms with Crippen LogP contribution in [0.4, 0.5) is 0 Å². The molecule has 0 bridgehead atoms. The summed E-state index contributed by atoms with van der Waals surface area (Å²) < 4.78 is 0. The highest BCUT2D eigenvalue weighted by atomic mass is 16.3. The van der Waals surface area contributed by atoms with Gasteiger partial charge in [-0.3, -0.25) is 0 Å². The molecule has 0 radical (unpaired) electrons. The summed E-state index contributed by atoms with van der Waals surface area (Å²) in [6, 6.07) is 0.691. The van der Waals surface area contributed by atoms with Crippen LogP contribution in [0, 0.1) is 11.8 Å². The van der Waals surface area contributed by atoms with Gasteiger partial charge in [-0.05, 0) is 50.5 Å². The minimum atomic E-state index is -0.0158. The predicted molar refractivity (Wildman–Crippen MR) is 53.5 cm³/mol. The fourth-order valence-electron chi connectivity index (χ4n) is 2.28. The SMILES string of the molecule is CC1CC1CNC1CCC(O)CC1. The molecule has 0 aromatic carbocycles. The van der Waals surface area contributed by atoms with Gasteiger partial charge in [0, 0.05) is 6.04 Å². The number of hydrogen-bond acceptors (Lipinski definition) is 2. The van der Waals surface area contributed by atoms with Crippen LogP contribution in [0.25, 0.3) is 0 Å². The van der Waals surface area contributed by atoms with E-state index in [4.69, 9.17) is 0 Å². The zero-order valence-corrected chi connectivity index (χ0v) is 8.50. The molecule has 2 saturated carbocycles. The van der Waals surface area contributed by atoms with Crippen molar-refractivity contribution in [2.45, 2.75) is 51.2 Å². The lowest BCUT2D eigenvalue weighted by atomic mass is 9.93. The molecule has 2 atom stereocenters. The van der Waals surface area contributed by atoms with Gasteiger partial charge in [0.15, 0.2) is 0 Å². The van der Waals surface area contributed by atoms with E-state index in [1.54, 1.807) is 0 Å². The van der Waals surface area contributed by atoms with E-state index in [-0.39, 0.29) is 6.10 Å². The molecule has 0 saturated heterocycles. The molecule has 13 heavy (non-hydrogen) atoms. The van der Waals surface area contributed by atoms with Gasteiger partial charge in [0.2, 0.25) is 0 Å². The summed E-state index contributed by atoms with van der Waals surface area (Å²) in [7, 11) is 0. The zero-order valence-electron chi connectivity index (χ0n) is 8.50. The maximum Gasteiger partial charge on any atom is 0.0541 e. The summed E-state index contributed by atoms with van der Waals surface area (Å²) in [6.45, 7) is 3.54. The number of nitrogens with one attached hydrogen (secondary N) is 1. The molecule has 2 unspecified atom stereocenters. The minimum absolute atomic E-state index is 0.0158. The van der Waals surface area contributed by atoms with Crippen LogP contribution in [0.1, 0.15) is 39.0 Å². The molecule has 0 heterocycles. The average Bonchev–Trinajstić information content (AvgIpc) is 2.81. The molecule has 0 aromatic heterocycles. The van der Waals surface area contributed by atoms with E-state index in [2.05, 4.69) is 12.2 Å². The van der Waals surface area contributed by atoms with Gasteiger partial charge in [-0.15, -0.1) is 0 Å². The summed E-state index contributed by atoms with van der Waals surface area (Å²) >= 11 is 0. The van der Waals surface area contributed by atoms with Crippen molar-refractivity contribution in [1.82, 2.24) is 5.32 Å².